The number of hydrogen-bond donors (Lipinski definition) is 2. The van der Waals surface area contributed by atoms with Crippen LogP contribution >= 0.6 is 0 Å². The maximum Gasteiger partial charge on any atom is 0.225 e. The molecule has 0 bridgehead atoms. The molecule has 1 unspecified atom stereocenters. The van der Waals surface area contributed by atoms with Crippen LogP contribution in [0.3, 0.4) is 0 Å². The van der Waals surface area contributed by atoms with Gasteiger partial charge in [-0.2, -0.15) is 0 Å². The van der Waals surface area contributed by atoms with E-state index in [1.165, 1.54) is 17.9 Å². The first kappa shape index (κ1) is 16.4. The number of aliphatic hydroxyl groups excluding tert-OH is 1. The SMILES string of the molecule is CC(=O)NC(CC(=O)N1CC[C@@H](O)C1)c1c(F)cccc1F. The van der Waals surface area contributed by atoms with Crippen molar-refractivity contribution in [2.75, 3.05) is 13.1 Å². The molecule has 120 valence electrons. The number of carbonyl (C=O) groups is 2. The Kier molecular flexibility index (Phi) is 5.07. The topological polar surface area (TPSA) is 69.6 Å². The minimum Gasteiger partial charge on any atom is -0.391 e. The van der Waals surface area contributed by atoms with Gasteiger partial charge in [0, 0.05) is 25.6 Å². The molecule has 2 amide bonds. The molecule has 2 rings (SSSR count). The summed E-state index contributed by atoms with van der Waals surface area (Å²) in [5.74, 6) is -2.47. The van der Waals surface area contributed by atoms with E-state index in [2.05, 4.69) is 5.32 Å². The van der Waals surface area contributed by atoms with Gasteiger partial charge in [-0.15, -0.1) is 0 Å². The molecule has 0 radical (unpaired) electrons. The van der Waals surface area contributed by atoms with Crippen molar-refractivity contribution in [1.29, 1.82) is 0 Å². The Morgan fingerprint density at radius 2 is 2.05 bits per heavy atom. The lowest BCUT2D eigenvalue weighted by molar-refractivity contribution is -0.131. The fourth-order valence-electron chi connectivity index (χ4n) is 2.59. The minimum absolute atomic E-state index is 0.200. The largest absolute Gasteiger partial charge is 0.391 e. The molecule has 1 heterocycles. The second-order valence-corrected chi connectivity index (χ2v) is 5.37. The van der Waals surface area contributed by atoms with Gasteiger partial charge < -0.3 is 15.3 Å². The van der Waals surface area contributed by atoms with E-state index >= 15 is 0 Å². The quantitative estimate of drug-likeness (QED) is 0.875. The summed E-state index contributed by atoms with van der Waals surface area (Å²) in [5, 5.41) is 11.9. The molecule has 1 saturated heterocycles. The van der Waals surface area contributed by atoms with Crippen LogP contribution in [-0.4, -0.2) is 41.0 Å². The number of nitrogens with one attached hydrogen (secondary N) is 1. The fourth-order valence-corrected chi connectivity index (χ4v) is 2.59. The molecule has 0 saturated carbocycles. The number of nitrogens with zero attached hydrogens (tertiary/aromatic N) is 1. The fraction of sp³-hybridized carbons (Fsp3) is 0.467. The van der Waals surface area contributed by atoms with Gasteiger partial charge in [0.05, 0.1) is 18.6 Å². The van der Waals surface area contributed by atoms with Gasteiger partial charge in [-0.3, -0.25) is 9.59 Å². The third-order valence-corrected chi connectivity index (χ3v) is 3.62. The van der Waals surface area contributed by atoms with Gasteiger partial charge in [0.15, 0.2) is 0 Å². The average Bonchev–Trinajstić information content (AvgIpc) is 2.84. The van der Waals surface area contributed by atoms with Crippen LogP contribution in [0.2, 0.25) is 0 Å². The van der Waals surface area contributed by atoms with Crippen molar-refractivity contribution in [3.63, 3.8) is 0 Å². The summed E-state index contributed by atoms with van der Waals surface area (Å²) in [4.78, 5) is 24.9. The number of likely N-dealkylation sites (tertiary alicyclic amines) is 1. The summed E-state index contributed by atoms with van der Waals surface area (Å²) < 4.78 is 27.8. The Morgan fingerprint density at radius 1 is 1.41 bits per heavy atom. The molecule has 22 heavy (non-hydrogen) atoms. The lowest BCUT2D eigenvalue weighted by atomic mass is 10.0. The van der Waals surface area contributed by atoms with Gasteiger partial charge in [0.25, 0.3) is 0 Å². The van der Waals surface area contributed by atoms with Gasteiger partial charge >= 0.3 is 0 Å². The van der Waals surface area contributed by atoms with Crippen LogP contribution in [-0.2, 0) is 9.59 Å². The van der Waals surface area contributed by atoms with Crippen LogP contribution < -0.4 is 5.32 Å². The molecule has 1 fully saturated rings. The van der Waals surface area contributed by atoms with Crippen LogP contribution in [0.1, 0.15) is 31.4 Å². The van der Waals surface area contributed by atoms with E-state index in [9.17, 15) is 23.5 Å². The van der Waals surface area contributed by atoms with Gasteiger partial charge in [-0.1, -0.05) is 6.07 Å². The van der Waals surface area contributed by atoms with Gasteiger partial charge in [0.1, 0.15) is 11.6 Å². The molecule has 0 spiro atoms. The number of benzene rings is 1. The van der Waals surface area contributed by atoms with Crippen LogP contribution in [0.5, 0.6) is 0 Å². The molecule has 1 aromatic carbocycles. The Labute approximate surface area is 126 Å². The molecule has 1 aliphatic rings. The van der Waals surface area contributed by atoms with Gasteiger partial charge in [-0.25, -0.2) is 8.78 Å². The normalized spacial score (nSPS) is 19.1. The van der Waals surface area contributed by atoms with Crippen molar-refractivity contribution in [3.05, 3.63) is 35.4 Å². The van der Waals surface area contributed by atoms with E-state index in [1.54, 1.807) is 0 Å². The highest BCUT2D eigenvalue weighted by molar-refractivity contribution is 5.79. The standard InChI is InChI=1S/C15H18F2N2O3/c1-9(20)18-13(15-11(16)3-2-4-12(15)17)7-14(22)19-6-5-10(21)8-19/h2-4,10,13,21H,5-8H2,1H3,(H,18,20)/t10-,13?/m1/s1. The van der Waals surface area contributed by atoms with E-state index in [-0.39, 0.29) is 24.4 Å². The van der Waals surface area contributed by atoms with Crippen molar-refractivity contribution in [2.24, 2.45) is 0 Å². The molecule has 0 aliphatic carbocycles. The predicted octanol–water partition coefficient (Wildman–Crippen LogP) is 1.13. The number of rotatable bonds is 4. The zero-order valence-electron chi connectivity index (χ0n) is 12.2. The zero-order valence-corrected chi connectivity index (χ0v) is 12.2. The summed E-state index contributed by atoms with van der Waals surface area (Å²) in [7, 11) is 0. The van der Waals surface area contributed by atoms with Crippen LogP contribution in [0.15, 0.2) is 18.2 Å². The van der Waals surface area contributed by atoms with Crippen LogP contribution in [0, 0.1) is 11.6 Å². The first-order valence-corrected chi connectivity index (χ1v) is 7.05. The molecule has 1 aromatic rings. The summed E-state index contributed by atoms with van der Waals surface area (Å²) in [6, 6.07) is 2.30. The Hall–Kier alpha value is -2.02. The molecule has 1 aliphatic heterocycles. The van der Waals surface area contributed by atoms with E-state index in [0.717, 1.165) is 12.1 Å². The first-order valence-electron chi connectivity index (χ1n) is 7.05. The molecular formula is C15H18F2N2O3. The summed E-state index contributed by atoms with van der Waals surface area (Å²) in [6.07, 6.45) is -0.359. The molecule has 2 atom stereocenters. The Balaban J connectivity index is 2.19. The third-order valence-electron chi connectivity index (χ3n) is 3.62. The molecule has 7 heteroatoms. The second kappa shape index (κ2) is 6.83. The maximum absolute atomic E-state index is 13.9. The van der Waals surface area contributed by atoms with Crippen molar-refractivity contribution in [3.8, 4) is 0 Å². The van der Waals surface area contributed by atoms with Gasteiger partial charge in [0.2, 0.25) is 11.8 Å². The van der Waals surface area contributed by atoms with Crippen molar-refractivity contribution in [1.82, 2.24) is 10.2 Å². The zero-order chi connectivity index (χ0) is 16.3. The minimum atomic E-state index is -1.08. The van der Waals surface area contributed by atoms with E-state index in [4.69, 9.17) is 0 Å². The molecule has 0 aromatic heterocycles. The lowest BCUT2D eigenvalue weighted by Gasteiger charge is -2.22. The molecule has 5 nitrogen and oxygen atoms in total. The third kappa shape index (κ3) is 3.79. The van der Waals surface area contributed by atoms with Crippen molar-refractivity contribution >= 4 is 11.8 Å². The van der Waals surface area contributed by atoms with Crippen molar-refractivity contribution in [2.45, 2.75) is 31.9 Å². The lowest BCUT2D eigenvalue weighted by Crippen LogP contribution is -2.35. The highest BCUT2D eigenvalue weighted by atomic mass is 19.1. The van der Waals surface area contributed by atoms with Crippen LogP contribution in [0.4, 0.5) is 8.78 Å². The summed E-state index contributed by atoms with van der Waals surface area (Å²) >= 11 is 0. The van der Waals surface area contributed by atoms with E-state index < -0.39 is 29.7 Å². The summed E-state index contributed by atoms with van der Waals surface area (Å²) in [5.41, 5.74) is -0.328. The van der Waals surface area contributed by atoms with Crippen LogP contribution in [0.25, 0.3) is 0 Å². The average molecular weight is 312 g/mol. The highest BCUT2D eigenvalue weighted by Gasteiger charge is 2.29. The second-order valence-electron chi connectivity index (χ2n) is 5.37. The number of aliphatic hydroxyl groups is 1. The number of hydrogen-bond acceptors (Lipinski definition) is 3. The number of halogens is 2. The Morgan fingerprint density at radius 3 is 2.55 bits per heavy atom. The van der Waals surface area contributed by atoms with E-state index in [1.807, 2.05) is 0 Å². The monoisotopic (exact) mass is 312 g/mol. The number of amides is 2. The van der Waals surface area contributed by atoms with Crippen molar-refractivity contribution < 1.29 is 23.5 Å². The van der Waals surface area contributed by atoms with E-state index in [0.29, 0.717) is 13.0 Å². The predicted molar refractivity (Wildman–Crippen MR) is 74.7 cm³/mol. The molecular weight excluding hydrogens is 294 g/mol. The number of carbonyl (C=O) groups excluding carboxylic acids is 2. The Bertz CT molecular complexity index is 560. The maximum atomic E-state index is 13.9. The summed E-state index contributed by atoms with van der Waals surface area (Å²) in [6.45, 7) is 1.81. The number of β-amino-alcohol motifs (C(OH)–C–C–N with tert-alkyl or cyclic N) is 1. The highest BCUT2D eigenvalue weighted by Crippen LogP contribution is 2.25. The molecule has 2 N–H and O–H groups in total. The first-order chi connectivity index (χ1) is 10.4. The van der Waals surface area contributed by atoms with Gasteiger partial charge in [-0.05, 0) is 18.6 Å². The smallest absolute Gasteiger partial charge is 0.225 e.